The normalized spacial score (nSPS) is 22.0. The predicted octanol–water partition coefficient (Wildman–Crippen LogP) is 1.45. The monoisotopic (exact) mass is 155 g/mol. The first kappa shape index (κ1) is 8.72. The van der Waals surface area contributed by atoms with Gasteiger partial charge in [0.15, 0.2) is 0 Å². The maximum atomic E-state index is 11.1. The Bertz CT molecular complexity index is 138. The molecular formula is C9H17NO. The highest BCUT2D eigenvalue weighted by atomic mass is 16.1. The topological polar surface area (TPSA) is 20.3 Å². The predicted molar refractivity (Wildman–Crippen MR) is 45.6 cm³/mol. The highest BCUT2D eigenvalue weighted by Crippen LogP contribution is 2.14. The standard InChI is InChI=1S/C9H17NO/c1-3-9(8(2)11)10-6-4-5-7-10/h9H,3-7H2,1-2H3/t9-/m1/s1. The van der Waals surface area contributed by atoms with E-state index in [2.05, 4.69) is 11.8 Å². The molecule has 0 unspecified atom stereocenters. The zero-order valence-corrected chi connectivity index (χ0v) is 7.47. The van der Waals surface area contributed by atoms with E-state index in [1.165, 1.54) is 12.8 Å². The van der Waals surface area contributed by atoms with E-state index in [0.29, 0.717) is 5.78 Å². The largest absolute Gasteiger partial charge is 0.298 e. The van der Waals surface area contributed by atoms with Crippen LogP contribution < -0.4 is 0 Å². The van der Waals surface area contributed by atoms with Crippen molar-refractivity contribution in [3.8, 4) is 0 Å². The zero-order valence-electron chi connectivity index (χ0n) is 7.47. The Morgan fingerprint density at radius 3 is 2.36 bits per heavy atom. The Morgan fingerprint density at radius 2 is 2.00 bits per heavy atom. The molecule has 0 N–H and O–H groups in total. The van der Waals surface area contributed by atoms with Crippen LogP contribution in [0.4, 0.5) is 0 Å². The molecule has 0 bridgehead atoms. The van der Waals surface area contributed by atoms with Gasteiger partial charge in [0, 0.05) is 0 Å². The van der Waals surface area contributed by atoms with Crippen LogP contribution in [0, 0.1) is 0 Å². The second-order valence-electron chi connectivity index (χ2n) is 3.28. The van der Waals surface area contributed by atoms with Crippen LogP contribution >= 0.6 is 0 Å². The van der Waals surface area contributed by atoms with Gasteiger partial charge in [-0.25, -0.2) is 0 Å². The number of rotatable bonds is 3. The number of ketones is 1. The third kappa shape index (κ3) is 2.03. The van der Waals surface area contributed by atoms with E-state index < -0.39 is 0 Å². The lowest BCUT2D eigenvalue weighted by Gasteiger charge is -2.23. The molecule has 0 spiro atoms. The fraction of sp³-hybridized carbons (Fsp3) is 0.889. The molecule has 0 amide bonds. The van der Waals surface area contributed by atoms with E-state index in [1.807, 2.05) is 0 Å². The number of carbonyl (C=O) groups is 1. The summed E-state index contributed by atoms with van der Waals surface area (Å²) in [6, 6.07) is 0.206. The Hall–Kier alpha value is -0.370. The number of hydrogen-bond donors (Lipinski definition) is 0. The van der Waals surface area contributed by atoms with Crippen molar-refractivity contribution in [1.29, 1.82) is 0 Å². The molecule has 1 saturated heterocycles. The number of nitrogens with zero attached hydrogens (tertiary/aromatic N) is 1. The van der Waals surface area contributed by atoms with Crippen LogP contribution in [0.25, 0.3) is 0 Å². The molecule has 1 fully saturated rings. The van der Waals surface area contributed by atoms with Gasteiger partial charge < -0.3 is 0 Å². The number of hydrogen-bond acceptors (Lipinski definition) is 2. The highest BCUT2D eigenvalue weighted by molar-refractivity contribution is 5.81. The minimum absolute atomic E-state index is 0.206. The summed E-state index contributed by atoms with van der Waals surface area (Å²) in [6.07, 6.45) is 3.50. The lowest BCUT2D eigenvalue weighted by molar-refractivity contribution is -0.121. The highest BCUT2D eigenvalue weighted by Gasteiger charge is 2.23. The smallest absolute Gasteiger partial charge is 0.146 e. The van der Waals surface area contributed by atoms with E-state index >= 15 is 0 Å². The maximum absolute atomic E-state index is 11.1. The fourth-order valence-electron chi connectivity index (χ4n) is 1.86. The summed E-state index contributed by atoms with van der Waals surface area (Å²) in [5.74, 6) is 0.328. The molecule has 2 heteroatoms. The quantitative estimate of drug-likeness (QED) is 0.615. The summed E-state index contributed by atoms with van der Waals surface area (Å²) >= 11 is 0. The van der Waals surface area contributed by atoms with E-state index in [0.717, 1.165) is 19.5 Å². The molecule has 11 heavy (non-hydrogen) atoms. The van der Waals surface area contributed by atoms with Gasteiger partial charge in [-0.3, -0.25) is 9.69 Å². The van der Waals surface area contributed by atoms with Crippen molar-refractivity contribution in [2.75, 3.05) is 13.1 Å². The SMILES string of the molecule is CC[C@H](C(C)=O)N1CCCC1. The van der Waals surface area contributed by atoms with Crippen LogP contribution in [0.2, 0.25) is 0 Å². The van der Waals surface area contributed by atoms with Gasteiger partial charge in [0.1, 0.15) is 5.78 Å². The summed E-state index contributed by atoms with van der Waals surface area (Å²) in [5, 5.41) is 0. The van der Waals surface area contributed by atoms with Crippen molar-refractivity contribution in [2.45, 2.75) is 39.2 Å². The summed E-state index contributed by atoms with van der Waals surface area (Å²) < 4.78 is 0. The number of Topliss-reactive ketones (excluding diaryl/α,β-unsaturated/α-hetero) is 1. The maximum Gasteiger partial charge on any atom is 0.146 e. The average molecular weight is 155 g/mol. The van der Waals surface area contributed by atoms with Crippen molar-refractivity contribution in [1.82, 2.24) is 4.90 Å². The van der Waals surface area contributed by atoms with Gasteiger partial charge in [-0.1, -0.05) is 6.92 Å². The Labute approximate surface area is 68.6 Å². The average Bonchev–Trinajstić information content (AvgIpc) is 2.40. The summed E-state index contributed by atoms with van der Waals surface area (Å²) in [6.45, 7) is 6.03. The van der Waals surface area contributed by atoms with Gasteiger partial charge in [-0.05, 0) is 39.3 Å². The number of carbonyl (C=O) groups excluding carboxylic acids is 1. The first-order valence-electron chi connectivity index (χ1n) is 4.50. The van der Waals surface area contributed by atoms with E-state index in [1.54, 1.807) is 6.92 Å². The molecule has 1 aliphatic heterocycles. The van der Waals surface area contributed by atoms with Gasteiger partial charge >= 0.3 is 0 Å². The minimum Gasteiger partial charge on any atom is -0.298 e. The van der Waals surface area contributed by atoms with Crippen LogP contribution in [-0.2, 0) is 4.79 Å². The summed E-state index contributed by atoms with van der Waals surface area (Å²) in [5.41, 5.74) is 0. The van der Waals surface area contributed by atoms with Crippen molar-refractivity contribution < 1.29 is 4.79 Å². The van der Waals surface area contributed by atoms with Crippen LogP contribution in [-0.4, -0.2) is 29.8 Å². The summed E-state index contributed by atoms with van der Waals surface area (Å²) in [4.78, 5) is 13.4. The van der Waals surface area contributed by atoms with Gasteiger partial charge in [0.2, 0.25) is 0 Å². The summed E-state index contributed by atoms with van der Waals surface area (Å²) in [7, 11) is 0. The van der Waals surface area contributed by atoms with Crippen LogP contribution in [0.1, 0.15) is 33.1 Å². The van der Waals surface area contributed by atoms with E-state index in [9.17, 15) is 4.79 Å². The second kappa shape index (κ2) is 3.86. The first-order valence-corrected chi connectivity index (χ1v) is 4.50. The van der Waals surface area contributed by atoms with E-state index in [-0.39, 0.29) is 6.04 Å². The van der Waals surface area contributed by atoms with Crippen molar-refractivity contribution in [2.24, 2.45) is 0 Å². The third-order valence-corrected chi connectivity index (χ3v) is 2.44. The molecule has 1 atom stereocenters. The molecule has 0 aliphatic carbocycles. The molecule has 1 heterocycles. The van der Waals surface area contributed by atoms with Gasteiger partial charge in [-0.15, -0.1) is 0 Å². The van der Waals surface area contributed by atoms with E-state index in [4.69, 9.17) is 0 Å². The molecular weight excluding hydrogens is 138 g/mol. The fourth-order valence-corrected chi connectivity index (χ4v) is 1.86. The lowest BCUT2D eigenvalue weighted by Crippen LogP contribution is -2.37. The lowest BCUT2D eigenvalue weighted by atomic mass is 10.1. The van der Waals surface area contributed by atoms with Crippen LogP contribution in [0.5, 0.6) is 0 Å². The molecule has 0 radical (unpaired) electrons. The molecule has 2 nitrogen and oxygen atoms in total. The van der Waals surface area contributed by atoms with Crippen molar-refractivity contribution >= 4 is 5.78 Å². The Morgan fingerprint density at radius 1 is 1.45 bits per heavy atom. The zero-order chi connectivity index (χ0) is 8.27. The van der Waals surface area contributed by atoms with Crippen molar-refractivity contribution in [3.63, 3.8) is 0 Å². The van der Waals surface area contributed by atoms with Gasteiger partial charge in [-0.2, -0.15) is 0 Å². The second-order valence-corrected chi connectivity index (χ2v) is 3.28. The number of likely N-dealkylation sites (tertiary alicyclic amines) is 1. The van der Waals surface area contributed by atoms with Gasteiger partial charge in [0.25, 0.3) is 0 Å². The molecule has 0 aromatic heterocycles. The molecule has 0 aromatic rings. The molecule has 1 rings (SSSR count). The van der Waals surface area contributed by atoms with Crippen LogP contribution in [0.3, 0.4) is 0 Å². The first-order chi connectivity index (χ1) is 5.25. The van der Waals surface area contributed by atoms with Crippen molar-refractivity contribution in [3.05, 3.63) is 0 Å². The Kier molecular flexibility index (Phi) is 3.06. The molecule has 64 valence electrons. The van der Waals surface area contributed by atoms with Gasteiger partial charge in [0.05, 0.1) is 6.04 Å². The molecule has 0 aromatic carbocycles. The molecule has 1 aliphatic rings. The van der Waals surface area contributed by atoms with Crippen LogP contribution in [0.15, 0.2) is 0 Å². The minimum atomic E-state index is 0.206. The third-order valence-electron chi connectivity index (χ3n) is 2.44. The molecule has 0 saturated carbocycles. The Balaban J connectivity index is 2.46.